The smallest absolute Gasteiger partial charge is 0.243 e. The molecular formula is C18H21ClN2O3S. The van der Waals surface area contributed by atoms with Gasteiger partial charge in [-0.2, -0.15) is 4.31 Å². The Kier molecular flexibility index (Phi) is 6.58. The third kappa shape index (κ3) is 5.04. The summed E-state index contributed by atoms with van der Waals surface area (Å²) in [5, 5.41) is 3.49. The van der Waals surface area contributed by atoms with E-state index >= 15 is 0 Å². The van der Waals surface area contributed by atoms with Gasteiger partial charge in [0.05, 0.1) is 17.5 Å². The van der Waals surface area contributed by atoms with E-state index in [-0.39, 0.29) is 23.4 Å². The van der Waals surface area contributed by atoms with E-state index in [0.29, 0.717) is 11.4 Å². The van der Waals surface area contributed by atoms with Crippen LogP contribution in [0.15, 0.2) is 59.5 Å². The number of likely N-dealkylation sites (N-methyl/N-ethyl adjacent to an activating group) is 1. The van der Waals surface area contributed by atoms with Crippen LogP contribution in [-0.2, 0) is 14.8 Å². The standard InChI is InChI=1S/C18H21ClN2O3S/c1-3-17(14-9-11-15(19)12-10-14)20-18(22)13-21(2)25(23,24)16-7-5-4-6-8-16/h4-12,17H,3,13H2,1-2H3,(H,20,22). The number of amides is 1. The molecule has 0 aliphatic carbocycles. The lowest BCUT2D eigenvalue weighted by Gasteiger charge is -2.21. The summed E-state index contributed by atoms with van der Waals surface area (Å²) in [6, 6.07) is 15.1. The molecule has 1 unspecified atom stereocenters. The van der Waals surface area contributed by atoms with E-state index in [1.807, 2.05) is 19.1 Å². The summed E-state index contributed by atoms with van der Waals surface area (Å²) in [5.41, 5.74) is 0.925. The average molecular weight is 381 g/mol. The van der Waals surface area contributed by atoms with Crippen molar-refractivity contribution in [3.63, 3.8) is 0 Å². The van der Waals surface area contributed by atoms with E-state index in [0.717, 1.165) is 9.87 Å². The minimum absolute atomic E-state index is 0.162. The maximum Gasteiger partial charge on any atom is 0.243 e. The van der Waals surface area contributed by atoms with Gasteiger partial charge in [0.2, 0.25) is 15.9 Å². The van der Waals surface area contributed by atoms with E-state index in [9.17, 15) is 13.2 Å². The van der Waals surface area contributed by atoms with Crippen molar-refractivity contribution in [1.29, 1.82) is 0 Å². The number of benzene rings is 2. The quantitative estimate of drug-likeness (QED) is 0.801. The number of nitrogens with one attached hydrogen (secondary N) is 1. The molecule has 0 aromatic heterocycles. The van der Waals surface area contributed by atoms with Crippen molar-refractivity contribution in [2.45, 2.75) is 24.3 Å². The number of hydrogen-bond acceptors (Lipinski definition) is 3. The first-order valence-corrected chi connectivity index (χ1v) is 9.72. The molecule has 2 aromatic carbocycles. The lowest BCUT2D eigenvalue weighted by atomic mass is 10.0. The molecule has 2 rings (SSSR count). The summed E-state index contributed by atoms with van der Waals surface area (Å²) in [6.07, 6.45) is 0.683. The number of sulfonamides is 1. The molecule has 5 nitrogen and oxygen atoms in total. The molecule has 1 N–H and O–H groups in total. The van der Waals surface area contributed by atoms with Gasteiger partial charge in [0.1, 0.15) is 0 Å². The lowest BCUT2D eigenvalue weighted by Crippen LogP contribution is -2.39. The molecule has 0 bridgehead atoms. The fraction of sp³-hybridized carbons (Fsp3) is 0.278. The third-order valence-corrected chi connectivity index (χ3v) is 5.90. The molecule has 0 spiro atoms. The predicted octanol–water partition coefficient (Wildman–Crippen LogP) is 3.23. The molecule has 0 aliphatic heterocycles. The van der Waals surface area contributed by atoms with Crippen LogP contribution >= 0.6 is 11.6 Å². The maximum atomic E-state index is 12.5. The minimum Gasteiger partial charge on any atom is -0.348 e. The van der Waals surface area contributed by atoms with Crippen LogP contribution in [-0.4, -0.2) is 32.2 Å². The second-order valence-corrected chi connectivity index (χ2v) is 8.14. The Morgan fingerprint density at radius 1 is 1.12 bits per heavy atom. The second-order valence-electron chi connectivity index (χ2n) is 5.65. The lowest BCUT2D eigenvalue weighted by molar-refractivity contribution is -0.121. The molecular weight excluding hydrogens is 360 g/mol. The Morgan fingerprint density at radius 3 is 2.28 bits per heavy atom. The molecule has 2 aromatic rings. The van der Waals surface area contributed by atoms with Crippen LogP contribution in [0, 0.1) is 0 Å². The van der Waals surface area contributed by atoms with Crippen molar-refractivity contribution >= 4 is 27.5 Å². The molecule has 0 radical (unpaired) electrons. The Labute approximate surface area is 153 Å². The number of nitrogens with zero attached hydrogens (tertiary/aromatic N) is 1. The highest BCUT2D eigenvalue weighted by molar-refractivity contribution is 7.89. The van der Waals surface area contributed by atoms with Crippen LogP contribution in [0.1, 0.15) is 24.9 Å². The molecule has 0 saturated heterocycles. The van der Waals surface area contributed by atoms with Crippen LogP contribution in [0.3, 0.4) is 0 Å². The predicted molar refractivity (Wildman–Crippen MR) is 98.9 cm³/mol. The normalized spacial score (nSPS) is 12.8. The molecule has 0 fully saturated rings. The minimum atomic E-state index is -3.69. The van der Waals surface area contributed by atoms with E-state index < -0.39 is 10.0 Å². The van der Waals surface area contributed by atoms with Crippen LogP contribution in [0.4, 0.5) is 0 Å². The van der Waals surface area contributed by atoms with Crippen LogP contribution in [0.2, 0.25) is 5.02 Å². The van der Waals surface area contributed by atoms with Crippen molar-refractivity contribution in [2.24, 2.45) is 0 Å². The fourth-order valence-corrected chi connectivity index (χ4v) is 3.69. The largest absolute Gasteiger partial charge is 0.348 e. The van der Waals surface area contributed by atoms with Gasteiger partial charge in [0.25, 0.3) is 0 Å². The summed E-state index contributed by atoms with van der Waals surface area (Å²) in [5.74, 6) is -0.358. The van der Waals surface area contributed by atoms with Gasteiger partial charge in [0.15, 0.2) is 0 Å². The van der Waals surface area contributed by atoms with Gasteiger partial charge < -0.3 is 5.32 Å². The Balaban J connectivity index is 2.04. The average Bonchev–Trinajstić information content (AvgIpc) is 2.61. The fourth-order valence-electron chi connectivity index (χ4n) is 2.42. The molecule has 0 heterocycles. The van der Waals surface area contributed by atoms with Crippen molar-refractivity contribution in [3.05, 3.63) is 65.2 Å². The van der Waals surface area contributed by atoms with Crippen molar-refractivity contribution in [3.8, 4) is 0 Å². The van der Waals surface area contributed by atoms with Crippen molar-refractivity contribution < 1.29 is 13.2 Å². The van der Waals surface area contributed by atoms with Gasteiger partial charge in [-0.15, -0.1) is 0 Å². The van der Waals surface area contributed by atoms with Gasteiger partial charge in [-0.25, -0.2) is 8.42 Å². The Morgan fingerprint density at radius 2 is 1.72 bits per heavy atom. The first kappa shape index (κ1) is 19.4. The zero-order chi connectivity index (χ0) is 18.4. The molecule has 1 atom stereocenters. The highest BCUT2D eigenvalue weighted by atomic mass is 35.5. The van der Waals surface area contributed by atoms with E-state index in [1.54, 1.807) is 30.3 Å². The van der Waals surface area contributed by atoms with E-state index in [4.69, 9.17) is 11.6 Å². The number of hydrogen-bond donors (Lipinski definition) is 1. The molecule has 25 heavy (non-hydrogen) atoms. The van der Waals surface area contributed by atoms with Gasteiger partial charge in [-0.1, -0.05) is 48.9 Å². The Hall–Kier alpha value is -1.89. The summed E-state index contributed by atoms with van der Waals surface area (Å²) in [4.78, 5) is 12.5. The maximum absolute atomic E-state index is 12.5. The van der Waals surface area contributed by atoms with Crippen LogP contribution in [0.5, 0.6) is 0 Å². The topological polar surface area (TPSA) is 66.5 Å². The Bertz CT molecular complexity index is 808. The zero-order valence-electron chi connectivity index (χ0n) is 14.1. The van der Waals surface area contributed by atoms with Gasteiger partial charge >= 0.3 is 0 Å². The number of rotatable bonds is 7. The summed E-state index contributed by atoms with van der Waals surface area (Å²) in [7, 11) is -2.30. The van der Waals surface area contributed by atoms with Crippen molar-refractivity contribution in [1.82, 2.24) is 9.62 Å². The zero-order valence-corrected chi connectivity index (χ0v) is 15.7. The van der Waals surface area contributed by atoms with Gasteiger partial charge in [-0.3, -0.25) is 4.79 Å². The summed E-state index contributed by atoms with van der Waals surface area (Å²) >= 11 is 5.88. The van der Waals surface area contributed by atoms with Crippen molar-refractivity contribution in [2.75, 3.05) is 13.6 Å². The third-order valence-electron chi connectivity index (χ3n) is 3.83. The number of halogens is 1. The first-order chi connectivity index (χ1) is 11.8. The molecule has 0 saturated carbocycles. The first-order valence-electron chi connectivity index (χ1n) is 7.90. The molecule has 0 aliphatic rings. The van der Waals surface area contributed by atoms with Crippen LogP contribution < -0.4 is 5.32 Å². The molecule has 134 valence electrons. The monoisotopic (exact) mass is 380 g/mol. The van der Waals surface area contributed by atoms with Gasteiger partial charge in [0, 0.05) is 12.1 Å². The molecule has 7 heteroatoms. The molecule has 1 amide bonds. The van der Waals surface area contributed by atoms with E-state index in [1.165, 1.54) is 19.2 Å². The highest BCUT2D eigenvalue weighted by Gasteiger charge is 2.23. The summed E-state index contributed by atoms with van der Waals surface area (Å²) in [6.45, 7) is 1.70. The summed E-state index contributed by atoms with van der Waals surface area (Å²) < 4.78 is 26.0. The van der Waals surface area contributed by atoms with Crippen LogP contribution in [0.25, 0.3) is 0 Å². The van der Waals surface area contributed by atoms with Gasteiger partial charge in [-0.05, 0) is 36.2 Å². The SMILES string of the molecule is CCC(NC(=O)CN(C)S(=O)(=O)c1ccccc1)c1ccc(Cl)cc1. The highest BCUT2D eigenvalue weighted by Crippen LogP contribution is 2.19. The second kappa shape index (κ2) is 8.47. The number of carbonyl (C=O) groups is 1. The van der Waals surface area contributed by atoms with E-state index in [2.05, 4.69) is 5.32 Å². The number of carbonyl (C=O) groups excluding carboxylic acids is 1.